The lowest BCUT2D eigenvalue weighted by Crippen LogP contribution is -2.13. The summed E-state index contributed by atoms with van der Waals surface area (Å²) in [7, 11) is 0. The lowest BCUT2D eigenvalue weighted by Gasteiger charge is -2.26. The Kier molecular flexibility index (Phi) is 2.99. The largest absolute Gasteiger partial charge is 0.249 e. The maximum atomic E-state index is 4.41. The molecule has 1 heterocycles. The van der Waals surface area contributed by atoms with E-state index in [4.69, 9.17) is 0 Å². The molecule has 1 aliphatic carbocycles. The third-order valence-corrected chi connectivity index (χ3v) is 4.17. The van der Waals surface area contributed by atoms with E-state index in [0.717, 1.165) is 5.92 Å². The second-order valence-corrected chi connectivity index (χ2v) is 4.98. The highest BCUT2D eigenvalue weighted by atomic mass is 32.1. The SMILES string of the molecule is CC(c1nccs1)C1CCCCC1. The topological polar surface area (TPSA) is 12.9 Å². The highest BCUT2D eigenvalue weighted by Gasteiger charge is 2.22. The average molecular weight is 195 g/mol. The van der Waals surface area contributed by atoms with Crippen LogP contribution in [0.5, 0.6) is 0 Å². The predicted octanol–water partition coefficient (Wildman–Crippen LogP) is 3.83. The van der Waals surface area contributed by atoms with E-state index in [2.05, 4.69) is 17.3 Å². The van der Waals surface area contributed by atoms with E-state index in [0.29, 0.717) is 5.92 Å². The van der Waals surface area contributed by atoms with Gasteiger partial charge in [-0.15, -0.1) is 11.3 Å². The summed E-state index contributed by atoms with van der Waals surface area (Å²) < 4.78 is 0. The van der Waals surface area contributed by atoms with Crippen LogP contribution in [0.4, 0.5) is 0 Å². The number of hydrogen-bond acceptors (Lipinski definition) is 2. The summed E-state index contributed by atoms with van der Waals surface area (Å²) in [6.45, 7) is 2.34. The highest BCUT2D eigenvalue weighted by molar-refractivity contribution is 7.09. The van der Waals surface area contributed by atoms with Gasteiger partial charge in [-0.2, -0.15) is 0 Å². The highest BCUT2D eigenvalue weighted by Crippen LogP contribution is 2.36. The Labute approximate surface area is 84.2 Å². The van der Waals surface area contributed by atoms with Gasteiger partial charge in [-0.1, -0.05) is 26.2 Å². The molecule has 72 valence electrons. The van der Waals surface area contributed by atoms with Crippen LogP contribution in [0, 0.1) is 5.92 Å². The molecule has 2 rings (SSSR count). The summed E-state index contributed by atoms with van der Waals surface area (Å²) in [5.74, 6) is 1.60. The minimum atomic E-state index is 0.695. The normalized spacial score (nSPS) is 21.6. The maximum Gasteiger partial charge on any atom is 0.0955 e. The summed E-state index contributed by atoms with van der Waals surface area (Å²) in [5.41, 5.74) is 0. The van der Waals surface area contributed by atoms with Gasteiger partial charge in [0.1, 0.15) is 0 Å². The first-order valence-corrected chi connectivity index (χ1v) is 6.15. The minimum absolute atomic E-state index is 0.695. The Morgan fingerprint density at radius 3 is 2.77 bits per heavy atom. The molecular formula is C11H17NS. The number of hydrogen-bond donors (Lipinski definition) is 0. The van der Waals surface area contributed by atoms with Crippen molar-refractivity contribution in [2.45, 2.75) is 44.9 Å². The molecule has 2 heteroatoms. The summed E-state index contributed by atoms with van der Waals surface area (Å²) >= 11 is 1.81. The van der Waals surface area contributed by atoms with Gasteiger partial charge in [0.25, 0.3) is 0 Å². The van der Waals surface area contributed by atoms with Crippen molar-refractivity contribution in [3.8, 4) is 0 Å². The molecule has 1 aromatic rings. The van der Waals surface area contributed by atoms with Crippen LogP contribution in [0.3, 0.4) is 0 Å². The van der Waals surface area contributed by atoms with Crippen molar-refractivity contribution >= 4 is 11.3 Å². The molecule has 0 amide bonds. The lowest BCUT2D eigenvalue weighted by atomic mass is 9.81. The molecule has 1 nitrogen and oxygen atoms in total. The van der Waals surface area contributed by atoms with Gasteiger partial charge in [0, 0.05) is 17.5 Å². The Hall–Kier alpha value is -0.370. The molecule has 1 saturated carbocycles. The Bertz CT molecular complexity index is 237. The van der Waals surface area contributed by atoms with E-state index < -0.39 is 0 Å². The summed E-state index contributed by atoms with van der Waals surface area (Å²) in [6.07, 6.45) is 9.07. The summed E-state index contributed by atoms with van der Waals surface area (Å²) in [6, 6.07) is 0. The first-order valence-electron chi connectivity index (χ1n) is 5.27. The number of aromatic nitrogens is 1. The van der Waals surface area contributed by atoms with Crippen molar-refractivity contribution in [3.05, 3.63) is 16.6 Å². The van der Waals surface area contributed by atoms with E-state index in [1.807, 2.05) is 17.5 Å². The van der Waals surface area contributed by atoms with Crippen molar-refractivity contribution in [1.82, 2.24) is 4.98 Å². The van der Waals surface area contributed by atoms with Gasteiger partial charge in [-0.25, -0.2) is 4.98 Å². The molecule has 0 saturated heterocycles. The lowest BCUT2D eigenvalue weighted by molar-refractivity contribution is 0.315. The number of rotatable bonds is 2. The van der Waals surface area contributed by atoms with E-state index in [1.165, 1.54) is 37.1 Å². The van der Waals surface area contributed by atoms with Crippen LogP contribution < -0.4 is 0 Å². The Balaban J connectivity index is 1.99. The molecule has 1 unspecified atom stereocenters. The van der Waals surface area contributed by atoms with Gasteiger partial charge in [0.2, 0.25) is 0 Å². The molecule has 0 radical (unpaired) electrons. The van der Waals surface area contributed by atoms with E-state index >= 15 is 0 Å². The third kappa shape index (κ3) is 2.11. The number of nitrogens with zero attached hydrogens (tertiary/aromatic N) is 1. The molecule has 1 atom stereocenters. The smallest absolute Gasteiger partial charge is 0.0955 e. The van der Waals surface area contributed by atoms with Crippen LogP contribution in [0.1, 0.15) is 50.0 Å². The zero-order valence-electron chi connectivity index (χ0n) is 8.20. The van der Waals surface area contributed by atoms with Crippen LogP contribution >= 0.6 is 11.3 Å². The summed E-state index contributed by atoms with van der Waals surface area (Å²) in [4.78, 5) is 4.41. The zero-order valence-corrected chi connectivity index (χ0v) is 9.02. The molecule has 1 aliphatic rings. The van der Waals surface area contributed by atoms with Crippen molar-refractivity contribution in [1.29, 1.82) is 0 Å². The quantitative estimate of drug-likeness (QED) is 0.699. The second-order valence-electron chi connectivity index (χ2n) is 4.06. The van der Waals surface area contributed by atoms with Crippen molar-refractivity contribution in [2.75, 3.05) is 0 Å². The second kappa shape index (κ2) is 4.23. The fourth-order valence-corrected chi connectivity index (χ4v) is 3.09. The van der Waals surface area contributed by atoms with E-state index in [9.17, 15) is 0 Å². The summed E-state index contributed by atoms with van der Waals surface area (Å²) in [5, 5.41) is 3.43. The van der Waals surface area contributed by atoms with Crippen LogP contribution in [-0.4, -0.2) is 4.98 Å². The predicted molar refractivity (Wildman–Crippen MR) is 57.1 cm³/mol. The fourth-order valence-electron chi connectivity index (χ4n) is 2.30. The molecule has 0 aromatic carbocycles. The van der Waals surface area contributed by atoms with Crippen LogP contribution in [0.15, 0.2) is 11.6 Å². The van der Waals surface area contributed by atoms with Gasteiger partial charge < -0.3 is 0 Å². The molecular weight excluding hydrogens is 178 g/mol. The molecule has 0 aliphatic heterocycles. The first kappa shape index (κ1) is 9.20. The van der Waals surface area contributed by atoms with Gasteiger partial charge in [-0.3, -0.25) is 0 Å². The van der Waals surface area contributed by atoms with Crippen molar-refractivity contribution < 1.29 is 0 Å². The van der Waals surface area contributed by atoms with Gasteiger partial charge in [0.05, 0.1) is 5.01 Å². The van der Waals surface area contributed by atoms with Crippen LogP contribution in [-0.2, 0) is 0 Å². The molecule has 1 fully saturated rings. The monoisotopic (exact) mass is 195 g/mol. The third-order valence-electron chi connectivity index (χ3n) is 3.20. The molecule has 1 aromatic heterocycles. The molecule has 13 heavy (non-hydrogen) atoms. The Morgan fingerprint density at radius 2 is 2.15 bits per heavy atom. The Morgan fingerprint density at radius 1 is 1.38 bits per heavy atom. The van der Waals surface area contributed by atoms with Gasteiger partial charge >= 0.3 is 0 Å². The standard InChI is InChI=1S/C11H17NS/c1-9(11-12-7-8-13-11)10-5-3-2-4-6-10/h7-10H,2-6H2,1H3. The first-order chi connectivity index (χ1) is 6.38. The van der Waals surface area contributed by atoms with Gasteiger partial charge in [0.15, 0.2) is 0 Å². The van der Waals surface area contributed by atoms with E-state index in [-0.39, 0.29) is 0 Å². The molecule has 0 bridgehead atoms. The van der Waals surface area contributed by atoms with Gasteiger partial charge in [-0.05, 0) is 18.8 Å². The molecule has 0 N–H and O–H groups in total. The average Bonchev–Trinajstić information content (AvgIpc) is 2.71. The van der Waals surface area contributed by atoms with Crippen molar-refractivity contribution in [2.24, 2.45) is 5.92 Å². The maximum absolute atomic E-state index is 4.41. The molecule has 0 spiro atoms. The van der Waals surface area contributed by atoms with Crippen LogP contribution in [0.25, 0.3) is 0 Å². The number of thiazole rings is 1. The zero-order chi connectivity index (χ0) is 9.10. The van der Waals surface area contributed by atoms with E-state index in [1.54, 1.807) is 0 Å². The van der Waals surface area contributed by atoms with Crippen molar-refractivity contribution in [3.63, 3.8) is 0 Å². The fraction of sp³-hybridized carbons (Fsp3) is 0.727. The van der Waals surface area contributed by atoms with Crippen LogP contribution in [0.2, 0.25) is 0 Å². The minimum Gasteiger partial charge on any atom is -0.249 e.